The molecule has 8 heteroatoms. The van der Waals surface area contributed by atoms with E-state index in [1.165, 1.54) is 24.3 Å². The number of aryl methyl sites for hydroxylation is 1. The monoisotopic (exact) mass is 336 g/mol. The summed E-state index contributed by atoms with van der Waals surface area (Å²) >= 11 is 0. The van der Waals surface area contributed by atoms with Crippen LogP contribution < -0.4 is 5.32 Å². The van der Waals surface area contributed by atoms with Crippen LogP contribution in [0.1, 0.15) is 31.0 Å². The molecule has 0 unspecified atom stereocenters. The van der Waals surface area contributed by atoms with Gasteiger partial charge in [0.15, 0.2) is 0 Å². The molecule has 0 radical (unpaired) electrons. The lowest BCUT2D eigenvalue weighted by atomic mass is 10.3. The fourth-order valence-electron chi connectivity index (χ4n) is 1.81. The molecule has 1 aromatic heterocycles. The Bertz CT molecular complexity index is 795. The predicted octanol–water partition coefficient (Wildman–Crippen LogP) is 3.42. The van der Waals surface area contributed by atoms with Crippen molar-refractivity contribution < 1.29 is 17.7 Å². The second kappa shape index (κ2) is 6.82. The third-order valence-corrected chi connectivity index (χ3v) is 4.52. The Labute approximate surface area is 135 Å². The molecule has 124 valence electrons. The molecule has 1 amide bonds. The van der Waals surface area contributed by atoms with Gasteiger partial charge in [0.05, 0.1) is 16.5 Å². The molecule has 0 saturated heterocycles. The van der Waals surface area contributed by atoms with Crippen molar-refractivity contribution in [1.82, 2.24) is 5.16 Å². The summed E-state index contributed by atoms with van der Waals surface area (Å²) in [5.41, 5.74) is 1.71. The quantitative estimate of drug-likeness (QED) is 0.870. The summed E-state index contributed by atoms with van der Waals surface area (Å²) in [5, 5.41) is 6.37. The number of rotatable bonds is 6. The van der Waals surface area contributed by atoms with Crippen molar-refractivity contribution in [2.45, 2.75) is 38.5 Å². The minimum Gasteiger partial charge on any atom is -0.539 e. The minimum atomic E-state index is -3.90. The second-order valence-electron chi connectivity index (χ2n) is 5.09. The number of anilines is 1. The van der Waals surface area contributed by atoms with Gasteiger partial charge in [-0.2, -0.15) is 0 Å². The summed E-state index contributed by atoms with van der Waals surface area (Å²) in [7, 11) is -3.90. The van der Waals surface area contributed by atoms with Crippen molar-refractivity contribution in [2.24, 2.45) is 0 Å². The Balaban J connectivity index is 2.14. The standard InChI is InChI=1S/C15H19N3O4S/c1-4-5-14(19)16-12-6-8-13(9-7-12)23(20,21)18-15-10(2)11(3)17-22-15/h6-9H,4-5H2,1-3H3,(H2,16,17,18,19)/p-1. The van der Waals surface area contributed by atoms with Crippen molar-refractivity contribution in [3.05, 3.63) is 40.2 Å². The first-order valence-electron chi connectivity index (χ1n) is 7.14. The van der Waals surface area contributed by atoms with E-state index in [2.05, 4.69) is 15.2 Å². The molecular formula is C15H18N3O4S-. The van der Waals surface area contributed by atoms with Gasteiger partial charge in [0, 0.05) is 12.1 Å². The highest BCUT2D eigenvalue weighted by atomic mass is 32.2. The molecule has 0 spiro atoms. The molecule has 0 fully saturated rings. The first-order valence-corrected chi connectivity index (χ1v) is 8.58. The van der Waals surface area contributed by atoms with Crippen LogP contribution in [-0.4, -0.2) is 19.5 Å². The van der Waals surface area contributed by atoms with Crippen molar-refractivity contribution >= 4 is 27.5 Å². The van der Waals surface area contributed by atoms with E-state index < -0.39 is 10.0 Å². The van der Waals surface area contributed by atoms with Crippen molar-refractivity contribution in [3.63, 3.8) is 0 Å². The highest BCUT2D eigenvalue weighted by Crippen LogP contribution is 2.32. The first-order chi connectivity index (χ1) is 10.8. The lowest BCUT2D eigenvalue weighted by molar-refractivity contribution is -0.116. The summed E-state index contributed by atoms with van der Waals surface area (Å²) in [4.78, 5) is 11.5. The minimum absolute atomic E-state index is 0.0134. The van der Waals surface area contributed by atoms with Crippen LogP contribution in [0.15, 0.2) is 33.7 Å². The van der Waals surface area contributed by atoms with Gasteiger partial charge >= 0.3 is 0 Å². The number of hydrogen-bond donors (Lipinski definition) is 1. The van der Waals surface area contributed by atoms with Crippen LogP contribution >= 0.6 is 0 Å². The van der Waals surface area contributed by atoms with Crippen LogP contribution in [0.3, 0.4) is 0 Å². The molecular weight excluding hydrogens is 318 g/mol. The van der Waals surface area contributed by atoms with E-state index in [0.717, 1.165) is 6.42 Å². The molecule has 0 atom stereocenters. The molecule has 0 aliphatic heterocycles. The second-order valence-corrected chi connectivity index (χ2v) is 6.69. The number of nitrogens with zero attached hydrogens (tertiary/aromatic N) is 2. The van der Waals surface area contributed by atoms with Crippen molar-refractivity contribution in [3.8, 4) is 0 Å². The fourth-order valence-corrected chi connectivity index (χ4v) is 2.79. The Hall–Kier alpha value is -2.35. The largest absolute Gasteiger partial charge is 0.539 e. The smallest absolute Gasteiger partial charge is 0.224 e. The zero-order valence-electron chi connectivity index (χ0n) is 13.2. The van der Waals surface area contributed by atoms with E-state index in [-0.39, 0.29) is 16.7 Å². The lowest BCUT2D eigenvalue weighted by Gasteiger charge is -2.19. The summed E-state index contributed by atoms with van der Waals surface area (Å²) in [6, 6.07) is 5.82. The molecule has 7 nitrogen and oxygen atoms in total. The maximum absolute atomic E-state index is 12.3. The molecule has 0 saturated carbocycles. The van der Waals surface area contributed by atoms with Crippen molar-refractivity contribution in [1.29, 1.82) is 0 Å². The predicted molar refractivity (Wildman–Crippen MR) is 86.2 cm³/mol. The number of hydrogen-bond acceptors (Lipinski definition) is 5. The SMILES string of the molecule is CCCC(=O)Nc1ccc(S(=O)(=O)[N-]c2onc(C)c2C)cc1. The van der Waals surface area contributed by atoms with Gasteiger partial charge in [-0.1, -0.05) is 12.1 Å². The van der Waals surface area contributed by atoms with Crippen LogP contribution in [-0.2, 0) is 14.8 Å². The molecule has 2 aromatic rings. The van der Waals surface area contributed by atoms with Gasteiger partial charge in [0.1, 0.15) is 10.0 Å². The van der Waals surface area contributed by atoms with Crippen molar-refractivity contribution in [2.75, 3.05) is 5.32 Å². The van der Waals surface area contributed by atoms with Gasteiger partial charge in [-0.25, -0.2) is 8.42 Å². The molecule has 0 aliphatic rings. The number of amides is 1. The van der Waals surface area contributed by atoms with Gasteiger partial charge in [-0.05, 0) is 50.1 Å². The Morgan fingerprint density at radius 1 is 1.26 bits per heavy atom. The average molecular weight is 336 g/mol. The van der Waals surface area contributed by atoms with Crippen LogP contribution in [0.2, 0.25) is 0 Å². The number of sulfonamides is 1. The molecule has 2 rings (SSSR count). The van der Waals surface area contributed by atoms with E-state index in [1.807, 2.05) is 6.92 Å². The van der Waals surface area contributed by atoms with Crippen LogP contribution in [0.5, 0.6) is 0 Å². The third-order valence-electron chi connectivity index (χ3n) is 3.25. The molecule has 0 aliphatic carbocycles. The summed E-state index contributed by atoms with van der Waals surface area (Å²) < 4.78 is 33.1. The van der Waals surface area contributed by atoms with Crippen LogP contribution in [0, 0.1) is 13.8 Å². The number of aromatic nitrogens is 1. The summed E-state index contributed by atoms with van der Waals surface area (Å²) in [6.45, 7) is 5.30. The number of nitrogens with one attached hydrogen (secondary N) is 1. The first kappa shape index (κ1) is 17.0. The van der Waals surface area contributed by atoms with E-state index in [0.29, 0.717) is 23.4 Å². The Kier molecular flexibility index (Phi) is 5.05. The maximum Gasteiger partial charge on any atom is 0.224 e. The number of carbonyl (C=O) groups is 1. The highest BCUT2D eigenvalue weighted by molar-refractivity contribution is 7.94. The van der Waals surface area contributed by atoms with Gasteiger partial charge in [0.2, 0.25) is 5.91 Å². The number of carbonyl (C=O) groups excluding carboxylic acids is 1. The van der Waals surface area contributed by atoms with E-state index in [1.54, 1.807) is 13.8 Å². The molecule has 23 heavy (non-hydrogen) atoms. The van der Waals surface area contributed by atoms with Gasteiger partial charge in [-0.3, -0.25) is 4.79 Å². The Morgan fingerprint density at radius 3 is 2.43 bits per heavy atom. The molecule has 1 heterocycles. The van der Waals surface area contributed by atoms with Crippen LogP contribution in [0.4, 0.5) is 11.6 Å². The van der Waals surface area contributed by atoms with E-state index in [4.69, 9.17) is 4.52 Å². The van der Waals surface area contributed by atoms with E-state index in [9.17, 15) is 13.2 Å². The molecule has 1 N–H and O–H groups in total. The van der Waals surface area contributed by atoms with Gasteiger partial charge in [0.25, 0.3) is 0 Å². The van der Waals surface area contributed by atoms with Gasteiger partial charge in [-0.15, -0.1) is 0 Å². The highest BCUT2D eigenvalue weighted by Gasteiger charge is 2.10. The lowest BCUT2D eigenvalue weighted by Crippen LogP contribution is -2.10. The Morgan fingerprint density at radius 2 is 1.91 bits per heavy atom. The van der Waals surface area contributed by atoms with E-state index >= 15 is 0 Å². The maximum atomic E-state index is 12.3. The average Bonchev–Trinajstić information content (AvgIpc) is 2.79. The van der Waals surface area contributed by atoms with Crippen LogP contribution in [0.25, 0.3) is 4.72 Å². The van der Waals surface area contributed by atoms with Gasteiger partial charge < -0.3 is 14.6 Å². The third kappa shape index (κ3) is 4.10. The normalized spacial score (nSPS) is 11.3. The fraction of sp³-hybridized carbons (Fsp3) is 0.333. The summed E-state index contributed by atoms with van der Waals surface area (Å²) in [5.74, 6) is -0.136. The topological polar surface area (TPSA) is 103 Å². The summed E-state index contributed by atoms with van der Waals surface area (Å²) in [6.07, 6.45) is 1.16. The molecule has 0 bridgehead atoms. The zero-order valence-corrected chi connectivity index (χ0v) is 14.0. The zero-order chi connectivity index (χ0) is 17.0. The number of benzene rings is 1. The molecule has 1 aromatic carbocycles.